The van der Waals surface area contributed by atoms with Gasteiger partial charge in [0.25, 0.3) is 0 Å². The number of benzene rings is 2. The molecular weight excluding hydrogens is 304 g/mol. The number of hydrogen-bond donors (Lipinski definition) is 2. The molecule has 1 heterocycles. The van der Waals surface area contributed by atoms with Gasteiger partial charge in [0.15, 0.2) is 5.76 Å². The van der Waals surface area contributed by atoms with Crippen LogP contribution >= 0.6 is 0 Å². The van der Waals surface area contributed by atoms with Crippen molar-refractivity contribution in [3.63, 3.8) is 0 Å². The van der Waals surface area contributed by atoms with Crippen molar-refractivity contribution in [1.82, 2.24) is 5.43 Å². The molecule has 0 saturated heterocycles. The van der Waals surface area contributed by atoms with Crippen molar-refractivity contribution in [2.45, 2.75) is 6.42 Å². The maximum Gasteiger partial charge on any atom is 0.307 e. The predicted molar refractivity (Wildman–Crippen MR) is 93.3 cm³/mol. The summed E-state index contributed by atoms with van der Waals surface area (Å²) in [4.78, 5) is 12.1. The molecule has 2 N–H and O–H groups in total. The molecule has 0 saturated carbocycles. The van der Waals surface area contributed by atoms with E-state index >= 15 is 0 Å². The Hall–Kier alpha value is -3.34. The second-order valence-corrected chi connectivity index (χ2v) is 5.20. The molecule has 1 aromatic heterocycles. The number of carbonyl (C=O) groups excluding carboxylic acids is 1. The molecule has 0 bridgehead atoms. The first-order valence-electron chi connectivity index (χ1n) is 7.43. The molecule has 5 heteroatoms. The van der Waals surface area contributed by atoms with E-state index in [-0.39, 0.29) is 11.5 Å². The second-order valence-electron chi connectivity index (χ2n) is 5.20. The van der Waals surface area contributed by atoms with Gasteiger partial charge in [0.1, 0.15) is 11.3 Å². The lowest BCUT2D eigenvalue weighted by Crippen LogP contribution is -2.16. The number of aromatic hydroxyl groups is 1. The van der Waals surface area contributed by atoms with E-state index in [1.807, 2.05) is 18.2 Å². The molecule has 0 unspecified atom stereocenters. The summed E-state index contributed by atoms with van der Waals surface area (Å²) in [5.41, 5.74) is 4.29. The fourth-order valence-corrected chi connectivity index (χ4v) is 2.34. The number of hydrogen-bond acceptors (Lipinski definition) is 4. The molecule has 3 rings (SSSR count). The first kappa shape index (κ1) is 15.6. The summed E-state index contributed by atoms with van der Waals surface area (Å²) in [6, 6.07) is 14.3. The first-order valence-corrected chi connectivity index (χ1v) is 7.43. The Bertz CT molecular complexity index is 892. The Morgan fingerprint density at radius 2 is 2.08 bits per heavy atom. The lowest BCUT2D eigenvalue weighted by Gasteiger charge is -2.04. The van der Waals surface area contributed by atoms with E-state index in [0.29, 0.717) is 17.6 Å². The van der Waals surface area contributed by atoms with Gasteiger partial charge < -0.3 is 9.52 Å². The lowest BCUT2D eigenvalue weighted by molar-refractivity contribution is 0.0929. The maximum atomic E-state index is 12.1. The van der Waals surface area contributed by atoms with Crippen LogP contribution in [0.3, 0.4) is 0 Å². The van der Waals surface area contributed by atoms with Crippen molar-refractivity contribution in [3.8, 4) is 5.75 Å². The average molecular weight is 320 g/mol. The van der Waals surface area contributed by atoms with Crippen LogP contribution in [0, 0.1) is 0 Å². The minimum Gasteiger partial charge on any atom is -0.507 e. The molecule has 0 aliphatic heterocycles. The van der Waals surface area contributed by atoms with Crippen LogP contribution in [0.2, 0.25) is 0 Å². The molecule has 0 radical (unpaired) electrons. The number of fused-ring (bicyclic) bond motifs is 1. The largest absolute Gasteiger partial charge is 0.507 e. The predicted octanol–water partition coefficient (Wildman–Crippen LogP) is 3.63. The molecule has 0 fully saturated rings. The standard InChI is InChI=1S/C19H16N2O3/c1-2-6-13-8-5-9-15(18(13)22)12-20-21-19(23)17-11-14-7-3-4-10-16(14)24-17/h2-5,7-12,22H,1,6H2,(H,21,23)/b20-12-. The normalized spacial score (nSPS) is 11.0. The van der Waals surface area contributed by atoms with Crippen LogP contribution in [0.5, 0.6) is 5.75 Å². The van der Waals surface area contributed by atoms with Gasteiger partial charge in [-0.25, -0.2) is 5.43 Å². The van der Waals surface area contributed by atoms with Gasteiger partial charge in [-0.15, -0.1) is 6.58 Å². The fraction of sp³-hybridized carbons (Fsp3) is 0.0526. The zero-order chi connectivity index (χ0) is 16.9. The Labute approximate surface area is 138 Å². The summed E-state index contributed by atoms with van der Waals surface area (Å²) >= 11 is 0. The van der Waals surface area contributed by atoms with E-state index in [1.54, 1.807) is 36.4 Å². The van der Waals surface area contributed by atoms with Crippen LogP contribution < -0.4 is 5.43 Å². The van der Waals surface area contributed by atoms with Crippen LogP contribution in [-0.4, -0.2) is 17.2 Å². The Morgan fingerprint density at radius 3 is 2.88 bits per heavy atom. The quantitative estimate of drug-likeness (QED) is 0.428. The van der Waals surface area contributed by atoms with Crippen molar-refractivity contribution < 1.29 is 14.3 Å². The third-order valence-electron chi connectivity index (χ3n) is 3.53. The fourth-order valence-electron chi connectivity index (χ4n) is 2.34. The smallest absolute Gasteiger partial charge is 0.307 e. The van der Waals surface area contributed by atoms with Gasteiger partial charge >= 0.3 is 5.91 Å². The third kappa shape index (κ3) is 3.20. The van der Waals surface area contributed by atoms with Crippen molar-refractivity contribution in [2.24, 2.45) is 5.10 Å². The molecule has 5 nitrogen and oxygen atoms in total. The Kier molecular flexibility index (Phi) is 4.43. The number of nitrogens with zero attached hydrogens (tertiary/aromatic N) is 1. The molecule has 0 aliphatic carbocycles. The van der Waals surface area contributed by atoms with E-state index in [2.05, 4.69) is 17.1 Å². The average Bonchev–Trinajstić information content (AvgIpc) is 3.02. The summed E-state index contributed by atoms with van der Waals surface area (Å²) in [5.74, 6) is -0.152. The number of allylic oxidation sites excluding steroid dienone is 1. The van der Waals surface area contributed by atoms with Gasteiger partial charge in [0.2, 0.25) is 0 Å². The summed E-state index contributed by atoms with van der Waals surface area (Å²) < 4.78 is 5.46. The molecule has 1 amide bonds. The molecule has 3 aromatic rings. The van der Waals surface area contributed by atoms with Crippen LogP contribution in [-0.2, 0) is 6.42 Å². The number of furan rings is 1. The van der Waals surface area contributed by atoms with Crippen LogP contribution in [0.1, 0.15) is 21.7 Å². The monoisotopic (exact) mass is 320 g/mol. The number of phenolic OH excluding ortho intramolecular Hbond substituents is 1. The van der Waals surface area contributed by atoms with E-state index in [0.717, 1.165) is 10.9 Å². The SMILES string of the molecule is C=CCc1cccc(/C=N\NC(=O)c2cc3ccccc3o2)c1O. The minimum atomic E-state index is -0.454. The van der Waals surface area contributed by atoms with Crippen LogP contribution in [0.25, 0.3) is 11.0 Å². The maximum absolute atomic E-state index is 12.1. The summed E-state index contributed by atoms with van der Waals surface area (Å²) in [7, 11) is 0. The highest BCUT2D eigenvalue weighted by Crippen LogP contribution is 2.22. The van der Waals surface area contributed by atoms with Gasteiger partial charge in [-0.1, -0.05) is 36.4 Å². The van der Waals surface area contributed by atoms with Crippen molar-refractivity contribution in [2.75, 3.05) is 0 Å². The number of carbonyl (C=O) groups is 1. The highest BCUT2D eigenvalue weighted by molar-refractivity contribution is 5.96. The Balaban J connectivity index is 1.73. The van der Waals surface area contributed by atoms with Crippen LogP contribution in [0.15, 0.2) is 70.7 Å². The molecule has 2 aromatic carbocycles. The highest BCUT2D eigenvalue weighted by atomic mass is 16.3. The first-order chi connectivity index (χ1) is 11.7. The van der Waals surface area contributed by atoms with Gasteiger partial charge in [-0.2, -0.15) is 5.10 Å². The number of rotatable bonds is 5. The third-order valence-corrected chi connectivity index (χ3v) is 3.53. The number of amides is 1. The second kappa shape index (κ2) is 6.83. The van der Waals surface area contributed by atoms with Gasteiger partial charge in [0.05, 0.1) is 6.21 Å². The summed E-state index contributed by atoms with van der Waals surface area (Å²) in [6.45, 7) is 3.65. The van der Waals surface area contributed by atoms with Gasteiger partial charge in [-0.05, 0) is 30.2 Å². The lowest BCUT2D eigenvalue weighted by atomic mass is 10.1. The number of para-hydroxylation sites is 2. The molecule has 0 spiro atoms. The van der Waals surface area contributed by atoms with E-state index in [1.165, 1.54) is 6.21 Å². The number of nitrogens with one attached hydrogen (secondary N) is 1. The molecule has 120 valence electrons. The molecular formula is C19H16N2O3. The molecule has 0 atom stereocenters. The molecule has 0 aliphatic rings. The summed E-state index contributed by atoms with van der Waals surface area (Å²) in [5, 5.41) is 14.9. The Morgan fingerprint density at radius 1 is 1.25 bits per heavy atom. The molecule has 24 heavy (non-hydrogen) atoms. The van der Waals surface area contributed by atoms with Gasteiger partial charge in [-0.3, -0.25) is 4.79 Å². The zero-order valence-electron chi connectivity index (χ0n) is 12.9. The van der Waals surface area contributed by atoms with Gasteiger partial charge in [0, 0.05) is 10.9 Å². The van der Waals surface area contributed by atoms with E-state index in [9.17, 15) is 9.90 Å². The minimum absolute atomic E-state index is 0.124. The zero-order valence-corrected chi connectivity index (χ0v) is 12.9. The topological polar surface area (TPSA) is 74.8 Å². The van der Waals surface area contributed by atoms with Crippen LogP contribution in [0.4, 0.5) is 0 Å². The number of hydrazone groups is 1. The highest BCUT2D eigenvalue weighted by Gasteiger charge is 2.11. The van der Waals surface area contributed by atoms with Crippen molar-refractivity contribution in [1.29, 1.82) is 0 Å². The number of phenols is 1. The summed E-state index contributed by atoms with van der Waals surface area (Å²) in [6.07, 6.45) is 3.65. The van der Waals surface area contributed by atoms with Crippen molar-refractivity contribution >= 4 is 23.1 Å². The van der Waals surface area contributed by atoms with E-state index in [4.69, 9.17) is 4.42 Å². The van der Waals surface area contributed by atoms with E-state index < -0.39 is 5.91 Å². The van der Waals surface area contributed by atoms with Crippen molar-refractivity contribution in [3.05, 3.63) is 78.1 Å².